The fourth-order valence-corrected chi connectivity index (χ4v) is 15.4. The van der Waals surface area contributed by atoms with Crippen LogP contribution in [0, 0.1) is 26.2 Å². The molecule has 6 heterocycles. The average molecular weight is 1530 g/mol. The van der Waals surface area contributed by atoms with Crippen molar-refractivity contribution in [2.75, 3.05) is 47.4 Å². The molecular formula is C69H81N11O21S4. The highest BCUT2D eigenvalue weighted by molar-refractivity contribution is 7.91. The number of nitrogens with one attached hydrogen (secondary N) is 3. The number of carbonyl (C=O) groups is 6. The van der Waals surface area contributed by atoms with Crippen molar-refractivity contribution in [3.8, 4) is 34.6 Å². The van der Waals surface area contributed by atoms with Crippen LogP contribution in [0.2, 0.25) is 0 Å². The first-order valence-electron chi connectivity index (χ1n) is 32.5. The Morgan fingerprint density at radius 3 is 1.92 bits per heavy atom. The first-order valence-corrected chi connectivity index (χ1v) is 38.3. The first-order chi connectivity index (χ1) is 49.4. The summed E-state index contributed by atoms with van der Waals surface area (Å²) in [5.74, 6) is -2.33. The van der Waals surface area contributed by atoms with Gasteiger partial charge in [-0.25, -0.2) is 67.7 Å². The van der Waals surface area contributed by atoms with Gasteiger partial charge < -0.3 is 38.9 Å². The van der Waals surface area contributed by atoms with E-state index < -0.39 is 69.6 Å². The smallest absolute Gasteiger partial charge is 0.360 e. The number of thiophene rings is 1. The largest absolute Gasteiger partial charge is 0.496 e. The van der Waals surface area contributed by atoms with Crippen molar-refractivity contribution in [2.24, 2.45) is 24.7 Å². The second kappa shape index (κ2) is 33.0. The quantitative estimate of drug-likeness (QED) is 0.0539. The summed E-state index contributed by atoms with van der Waals surface area (Å²) in [6, 6.07) is 17.5. The number of amides is 3. The number of hydrogen-bond donors (Lipinski definition) is 4. The maximum absolute atomic E-state index is 13.5. The van der Waals surface area contributed by atoms with Crippen LogP contribution in [0.1, 0.15) is 134 Å². The van der Waals surface area contributed by atoms with Crippen LogP contribution in [0.3, 0.4) is 0 Å². The third-order valence-electron chi connectivity index (χ3n) is 16.5. The van der Waals surface area contributed by atoms with Gasteiger partial charge in [0.2, 0.25) is 11.8 Å². The Morgan fingerprint density at radius 2 is 1.38 bits per heavy atom. The van der Waals surface area contributed by atoms with Crippen LogP contribution in [0.4, 0.5) is 4.79 Å². The number of ketones is 1. The molecule has 0 spiro atoms. The average Bonchev–Trinajstić information content (AvgIpc) is 1.11. The van der Waals surface area contributed by atoms with E-state index in [9.17, 15) is 68.7 Å². The van der Waals surface area contributed by atoms with Crippen LogP contribution in [0.15, 0.2) is 114 Å². The van der Waals surface area contributed by atoms with Gasteiger partial charge in [0.15, 0.2) is 15.6 Å². The van der Waals surface area contributed by atoms with Gasteiger partial charge in [0.25, 0.3) is 37.4 Å². The van der Waals surface area contributed by atoms with E-state index in [2.05, 4.69) is 58.3 Å². The van der Waals surface area contributed by atoms with E-state index in [0.717, 1.165) is 71.6 Å². The Balaban J connectivity index is 0.000000177. The van der Waals surface area contributed by atoms with Crippen LogP contribution in [0.25, 0.3) is 11.1 Å². The monoisotopic (exact) mass is 1530 g/mol. The number of benzene rings is 4. The van der Waals surface area contributed by atoms with Crippen LogP contribution >= 0.6 is 11.3 Å². The van der Waals surface area contributed by atoms with Crippen molar-refractivity contribution in [1.29, 1.82) is 0 Å². The van der Waals surface area contributed by atoms with Crippen LogP contribution in [-0.2, 0) is 89.0 Å². The summed E-state index contributed by atoms with van der Waals surface area (Å²) in [5, 5.41) is 25.4. The molecule has 4 aromatic heterocycles. The van der Waals surface area contributed by atoms with Gasteiger partial charge in [-0.15, -0.1) is 21.1 Å². The summed E-state index contributed by atoms with van der Waals surface area (Å²) >= 11 is 0.998. The minimum Gasteiger partial charge on any atom is -0.496 e. The maximum atomic E-state index is 13.5. The lowest BCUT2D eigenvalue weighted by Gasteiger charge is -2.19. The van der Waals surface area contributed by atoms with Gasteiger partial charge in [-0.2, -0.15) is 5.10 Å². The summed E-state index contributed by atoms with van der Waals surface area (Å²) in [4.78, 5) is 104. The summed E-state index contributed by atoms with van der Waals surface area (Å²) in [6.07, 6.45) is 6.36. The highest BCUT2D eigenvalue weighted by Crippen LogP contribution is 2.37. The Hall–Kier alpha value is -10.6. The number of aromatic hydroxyl groups is 1. The van der Waals surface area contributed by atoms with Crippen molar-refractivity contribution >= 4 is 82.5 Å². The predicted octanol–water partition coefficient (Wildman–Crippen LogP) is 6.32. The number of nitrogens with zero attached hydrogens (tertiary/aromatic N) is 8. The van der Waals surface area contributed by atoms with Gasteiger partial charge in [-0.3, -0.25) is 24.0 Å². The molecule has 3 amide bonds. The van der Waals surface area contributed by atoms with E-state index in [4.69, 9.17) is 23.8 Å². The number of esters is 2. The number of aryl methyl sites for hydroxylation is 5. The molecule has 4 N–H and O–H groups in total. The zero-order chi connectivity index (χ0) is 77.4. The number of rotatable bonds is 18. The molecule has 8 aromatic rings. The molecule has 0 bridgehead atoms. The Kier molecular flexibility index (Phi) is 25.2. The summed E-state index contributed by atoms with van der Waals surface area (Å²) < 4.78 is 109. The molecule has 0 radical (unpaired) electrons. The van der Waals surface area contributed by atoms with Gasteiger partial charge in [-0.1, -0.05) is 48.8 Å². The second-order valence-electron chi connectivity index (χ2n) is 25.1. The van der Waals surface area contributed by atoms with E-state index in [0.29, 0.717) is 77.9 Å². The topological polar surface area (TPSA) is 413 Å². The Morgan fingerprint density at radius 1 is 0.743 bits per heavy atom. The number of carbonyl (C=O) groups excluding carboxylic acids is 6. The number of methoxy groups -OCH3 is 3. The van der Waals surface area contributed by atoms with Crippen molar-refractivity contribution in [3.05, 3.63) is 166 Å². The third-order valence-corrected chi connectivity index (χ3v) is 21.5. The molecule has 0 unspecified atom stereocenters. The summed E-state index contributed by atoms with van der Waals surface area (Å²) in [7, 11) is -5.50. The standard InChI is InChI=1S/C23H32N2O4.C18H18N2O5S.C16H17N3O5S.C12H14N4O7S2/c1-7-16-13-15(3)14-17(8-2)18(16)19-20(26)24-9-11-28-12-10-25(24)21(19)29-22(27)23(4,5)6;1-25-16-5-3-2-4-15(16)18(22)20-26(23,24)14-10-6-12(7-11-14)17(21)19-13-8-9-13;1-9-10(15(20)11-8-17-19(2)16(11)21)4-5-13(25(3,22)23)14(9)12-6-7-24-18-12;1-6-8(7(5-24-6)9(17)22-3)25(20,21)14-10(18)16-12(19)15(2)11(13-16)23-4/h13-14H,7-12H2,1-6H3;2-7,10-11,13H,8-9H2,1H3,(H,19,21)(H,20,22);4-5,8,21H,6-7H2,1-3H3;5H,1-4H3,(H,14,18). The van der Waals surface area contributed by atoms with E-state index in [1.807, 2.05) is 25.5 Å². The summed E-state index contributed by atoms with van der Waals surface area (Å²) in [6.45, 7) is 17.0. The molecule has 105 heavy (non-hydrogen) atoms. The number of para-hydroxylation sites is 1. The van der Waals surface area contributed by atoms with Crippen molar-refractivity contribution < 1.29 is 87.6 Å². The fourth-order valence-electron chi connectivity index (χ4n) is 10.9. The Bertz CT molecular complexity index is 5180. The predicted molar refractivity (Wildman–Crippen MR) is 383 cm³/mol. The molecule has 11 rings (SSSR count). The molecule has 1 saturated carbocycles. The van der Waals surface area contributed by atoms with E-state index in [1.54, 1.807) is 39.2 Å². The zero-order valence-corrected chi connectivity index (χ0v) is 63.3. The molecule has 0 saturated heterocycles. The minimum absolute atomic E-state index is 0.0493. The van der Waals surface area contributed by atoms with Crippen molar-refractivity contribution in [1.82, 2.24) is 48.3 Å². The third kappa shape index (κ3) is 18.2. The molecular weight excluding hydrogens is 1450 g/mol. The highest BCUT2D eigenvalue weighted by Gasteiger charge is 2.35. The van der Waals surface area contributed by atoms with Crippen LogP contribution < -0.4 is 40.2 Å². The van der Waals surface area contributed by atoms with E-state index >= 15 is 0 Å². The number of hydrogen-bond acceptors (Lipinski definition) is 25. The molecule has 2 aliphatic heterocycles. The lowest BCUT2D eigenvalue weighted by molar-refractivity contribution is -0.143. The second-order valence-corrected chi connectivity index (χ2v) is 31.4. The number of sulfone groups is 1. The molecule has 32 nitrogen and oxygen atoms in total. The normalized spacial score (nSPS) is 13.4. The number of fused-ring (bicyclic) bond motifs is 1. The van der Waals surface area contributed by atoms with Gasteiger partial charge in [0.05, 0.1) is 85.9 Å². The minimum atomic E-state index is -4.45. The SMILES string of the molecule is CCc1cc(C)cc(CC)c1-c1c(OC(=O)C(C)(C)C)n2n(c1=O)CCOCC2.COC(=O)c1csc(C)c1S(=O)(=O)NC(=O)n1nc(OC)n(C)c1=O.COc1ccccc1C(=O)NS(=O)(=O)c1ccc(C(=O)NC2CC2)cc1.Cc1c(C(=O)c2cnn(C)c2O)ccc(S(C)(=O)=O)c1C1=NOCC1. The molecule has 4 aromatic carbocycles. The van der Waals surface area contributed by atoms with E-state index in [1.165, 1.54) is 99.5 Å². The van der Waals surface area contributed by atoms with Crippen LogP contribution in [0.5, 0.6) is 23.5 Å². The van der Waals surface area contributed by atoms with Gasteiger partial charge >= 0.3 is 29.7 Å². The Labute approximate surface area is 608 Å². The molecule has 562 valence electrons. The lowest BCUT2D eigenvalue weighted by atomic mass is 9.91. The summed E-state index contributed by atoms with van der Waals surface area (Å²) in [5.41, 5.74) is 5.02. The van der Waals surface area contributed by atoms with Gasteiger partial charge in [0, 0.05) is 59.8 Å². The molecule has 1 aliphatic carbocycles. The lowest BCUT2D eigenvalue weighted by Crippen LogP contribution is -2.40. The number of aromatic nitrogens is 7. The molecule has 1 fully saturated rings. The number of sulfonamides is 2. The molecule has 0 atom stereocenters. The number of oxime groups is 1. The highest BCUT2D eigenvalue weighted by atomic mass is 32.2. The van der Waals surface area contributed by atoms with Gasteiger partial charge in [0.1, 0.15) is 28.4 Å². The fraction of sp³-hybridized carbons (Fsp3) is 0.377. The van der Waals surface area contributed by atoms with E-state index in [-0.39, 0.29) is 78.0 Å². The zero-order valence-electron chi connectivity index (χ0n) is 60.1. The van der Waals surface area contributed by atoms with Crippen molar-refractivity contribution in [3.63, 3.8) is 0 Å². The first kappa shape index (κ1) is 80.1. The number of ether oxygens (including phenoxy) is 5. The maximum Gasteiger partial charge on any atom is 0.360 e. The van der Waals surface area contributed by atoms with Crippen molar-refractivity contribution in [2.45, 2.75) is 121 Å². The molecule has 36 heteroatoms. The molecule has 3 aliphatic rings. The van der Waals surface area contributed by atoms with Gasteiger partial charge in [-0.05, 0) is 138 Å². The van der Waals surface area contributed by atoms with Crippen LogP contribution in [-0.4, -0.2) is 159 Å².